The van der Waals surface area contributed by atoms with E-state index in [4.69, 9.17) is 5.73 Å². The van der Waals surface area contributed by atoms with E-state index < -0.39 is 0 Å². The van der Waals surface area contributed by atoms with E-state index in [1.165, 1.54) is 4.68 Å². The molecule has 0 saturated carbocycles. The first-order valence-electron chi connectivity index (χ1n) is 5.41. The average Bonchev–Trinajstić information content (AvgIpc) is 2.82. The molecule has 0 spiro atoms. The van der Waals surface area contributed by atoms with Crippen molar-refractivity contribution in [3.8, 4) is 0 Å². The minimum Gasteiger partial charge on any atom is -0.395 e. The van der Waals surface area contributed by atoms with Crippen molar-refractivity contribution in [2.24, 2.45) is 14.1 Å². The Labute approximate surface area is 104 Å². The minimum absolute atomic E-state index is 0.253. The standard InChI is InChI=1S/C10H15N7O/c1-6-8(11)9(17(3)14-6)10(18)12-4-7-13-5-16(2)15-7/h5H,4,11H2,1-3H3,(H,12,18). The second kappa shape index (κ2) is 4.47. The second-order valence-corrected chi connectivity index (χ2v) is 3.99. The summed E-state index contributed by atoms with van der Waals surface area (Å²) >= 11 is 0. The van der Waals surface area contributed by atoms with Crippen LogP contribution in [-0.2, 0) is 20.6 Å². The molecule has 2 heterocycles. The molecule has 3 N–H and O–H groups in total. The Bertz CT molecular complexity index is 583. The van der Waals surface area contributed by atoms with Crippen LogP contribution in [0.25, 0.3) is 0 Å². The van der Waals surface area contributed by atoms with Crippen molar-refractivity contribution in [2.45, 2.75) is 13.5 Å². The van der Waals surface area contributed by atoms with E-state index in [0.717, 1.165) is 0 Å². The third kappa shape index (κ3) is 2.17. The molecule has 2 aromatic heterocycles. The predicted octanol–water partition coefficient (Wildman–Crippen LogP) is -0.631. The first kappa shape index (κ1) is 12.1. The van der Waals surface area contributed by atoms with Gasteiger partial charge in [0.25, 0.3) is 5.91 Å². The Kier molecular flexibility index (Phi) is 3.00. The van der Waals surface area contributed by atoms with Crippen LogP contribution in [0.4, 0.5) is 5.69 Å². The summed E-state index contributed by atoms with van der Waals surface area (Å²) in [5.74, 6) is 0.256. The maximum atomic E-state index is 12.0. The average molecular weight is 249 g/mol. The molecule has 2 rings (SSSR count). The van der Waals surface area contributed by atoms with E-state index in [2.05, 4.69) is 20.5 Å². The van der Waals surface area contributed by atoms with Crippen molar-refractivity contribution in [3.63, 3.8) is 0 Å². The van der Waals surface area contributed by atoms with Crippen LogP contribution in [0.5, 0.6) is 0 Å². The molecule has 0 aromatic carbocycles. The van der Waals surface area contributed by atoms with Crippen molar-refractivity contribution >= 4 is 11.6 Å². The molecule has 0 atom stereocenters. The quantitative estimate of drug-likeness (QED) is 0.753. The number of rotatable bonds is 3. The number of anilines is 1. The van der Waals surface area contributed by atoms with Crippen LogP contribution in [0.1, 0.15) is 22.0 Å². The van der Waals surface area contributed by atoms with E-state index in [1.54, 1.807) is 32.0 Å². The fourth-order valence-electron chi connectivity index (χ4n) is 1.65. The van der Waals surface area contributed by atoms with Crippen molar-refractivity contribution in [2.75, 3.05) is 5.73 Å². The van der Waals surface area contributed by atoms with Gasteiger partial charge in [0.2, 0.25) is 0 Å². The van der Waals surface area contributed by atoms with Crippen molar-refractivity contribution in [1.82, 2.24) is 29.9 Å². The van der Waals surface area contributed by atoms with E-state index >= 15 is 0 Å². The number of carbonyl (C=O) groups excluding carboxylic acids is 1. The maximum Gasteiger partial charge on any atom is 0.272 e. The number of nitrogen functional groups attached to an aromatic ring is 1. The number of aryl methyl sites for hydroxylation is 3. The summed E-state index contributed by atoms with van der Waals surface area (Å²) in [7, 11) is 3.44. The molecular weight excluding hydrogens is 234 g/mol. The summed E-state index contributed by atoms with van der Waals surface area (Å²) in [6.07, 6.45) is 1.57. The summed E-state index contributed by atoms with van der Waals surface area (Å²) < 4.78 is 3.04. The van der Waals surface area contributed by atoms with Crippen LogP contribution >= 0.6 is 0 Å². The zero-order chi connectivity index (χ0) is 13.3. The molecule has 0 aliphatic rings. The molecule has 0 aliphatic heterocycles. The van der Waals surface area contributed by atoms with Gasteiger partial charge in [-0.25, -0.2) is 4.98 Å². The van der Waals surface area contributed by atoms with Gasteiger partial charge >= 0.3 is 0 Å². The highest BCUT2D eigenvalue weighted by atomic mass is 16.2. The van der Waals surface area contributed by atoms with Gasteiger partial charge in [-0.05, 0) is 6.92 Å². The third-order valence-electron chi connectivity index (χ3n) is 2.54. The number of nitrogens with zero attached hydrogens (tertiary/aromatic N) is 5. The van der Waals surface area contributed by atoms with Crippen LogP contribution in [-0.4, -0.2) is 30.5 Å². The SMILES string of the molecule is Cc1nn(C)c(C(=O)NCc2ncn(C)n2)c1N. The number of nitrogens with two attached hydrogens (primary N) is 1. The normalized spacial score (nSPS) is 10.6. The van der Waals surface area contributed by atoms with Crippen LogP contribution in [0, 0.1) is 6.92 Å². The molecule has 1 amide bonds. The Morgan fingerprint density at radius 2 is 2.17 bits per heavy atom. The largest absolute Gasteiger partial charge is 0.395 e. The number of nitrogens with one attached hydrogen (secondary N) is 1. The fourth-order valence-corrected chi connectivity index (χ4v) is 1.65. The summed E-state index contributed by atoms with van der Waals surface area (Å²) in [5, 5.41) is 10.9. The lowest BCUT2D eigenvalue weighted by Gasteiger charge is -2.04. The first-order chi connectivity index (χ1) is 8.49. The zero-order valence-electron chi connectivity index (χ0n) is 10.5. The molecule has 0 fully saturated rings. The number of carbonyl (C=O) groups is 1. The molecule has 18 heavy (non-hydrogen) atoms. The van der Waals surface area contributed by atoms with Gasteiger partial charge in [-0.1, -0.05) is 0 Å². The number of amides is 1. The molecule has 0 radical (unpaired) electrons. The summed E-state index contributed by atoms with van der Waals surface area (Å²) in [5.41, 5.74) is 7.18. The predicted molar refractivity (Wildman–Crippen MR) is 64.5 cm³/mol. The molecule has 0 bridgehead atoms. The van der Waals surface area contributed by atoms with Crippen molar-refractivity contribution < 1.29 is 4.79 Å². The number of hydrogen-bond donors (Lipinski definition) is 2. The summed E-state index contributed by atoms with van der Waals surface area (Å²) in [6, 6.07) is 0. The van der Waals surface area contributed by atoms with E-state index in [1.807, 2.05) is 0 Å². The third-order valence-corrected chi connectivity index (χ3v) is 2.54. The lowest BCUT2D eigenvalue weighted by Crippen LogP contribution is -2.26. The Hall–Kier alpha value is -2.38. The van der Waals surface area contributed by atoms with Crippen LogP contribution < -0.4 is 11.1 Å². The first-order valence-corrected chi connectivity index (χ1v) is 5.41. The molecule has 0 aliphatic carbocycles. The molecule has 2 aromatic rings. The Morgan fingerprint density at radius 1 is 1.44 bits per heavy atom. The van der Waals surface area contributed by atoms with Crippen molar-refractivity contribution in [3.05, 3.63) is 23.5 Å². The highest BCUT2D eigenvalue weighted by Gasteiger charge is 2.17. The molecule has 0 saturated heterocycles. The van der Waals surface area contributed by atoms with Crippen LogP contribution in [0.2, 0.25) is 0 Å². The molecule has 0 unspecified atom stereocenters. The molecular formula is C10H15N7O. The molecule has 8 heteroatoms. The Morgan fingerprint density at radius 3 is 2.67 bits per heavy atom. The van der Waals surface area contributed by atoms with Gasteiger partial charge in [-0.2, -0.15) is 10.2 Å². The van der Waals surface area contributed by atoms with Gasteiger partial charge in [0.15, 0.2) is 5.82 Å². The fraction of sp³-hybridized carbons (Fsp3) is 0.400. The smallest absolute Gasteiger partial charge is 0.272 e. The number of aromatic nitrogens is 5. The number of hydrogen-bond acceptors (Lipinski definition) is 5. The second-order valence-electron chi connectivity index (χ2n) is 3.99. The molecule has 96 valence electrons. The van der Waals surface area contributed by atoms with Crippen LogP contribution in [0.3, 0.4) is 0 Å². The summed E-state index contributed by atoms with van der Waals surface area (Å²) in [4.78, 5) is 16.0. The highest BCUT2D eigenvalue weighted by Crippen LogP contribution is 2.14. The lowest BCUT2D eigenvalue weighted by molar-refractivity contribution is 0.0941. The topological polar surface area (TPSA) is 104 Å². The highest BCUT2D eigenvalue weighted by molar-refractivity contribution is 5.97. The summed E-state index contributed by atoms with van der Waals surface area (Å²) in [6.45, 7) is 2.01. The van der Waals surface area contributed by atoms with Gasteiger partial charge in [-0.3, -0.25) is 14.2 Å². The minimum atomic E-state index is -0.289. The van der Waals surface area contributed by atoms with Gasteiger partial charge < -0.3 is 11.1 Å². The van der Waals surface area contributed by atoms with Gasteiger partial charge in [0.05, 0.1) is 17.9 Å². The van der Waals surface area contributed by atoms with E-state index in [9.17, 15) is 4.79 Å². The monoisotopic (exact) mass is 249 g/mol. The van der Waals surface area contributed by atoms with Crippen molar-refractivity contribution in [1.29, 1.82) is 0 Å². The van der Waals surface area contributed by atoms with E-state index in [0.29, 0.717) is 22.9 Å². The van der Waals surface area contributed by atoms with Gasteiger partial charge in [0.1, 0.15) is 12.0 Å². The van der Waals surface area contributed by atoms with Gasteiger partial charge in [0, 0.05) is 14.1 Å². The van der Waals surface area contributed by atoms with E-state index in [-0.39, 0.29) is 12.5 Å². The zero-order valence-corrected chi connectivity index (χ0v) is 10.5. The maximum absolute atomic E-state index is 12.0. The van der Waals surface area contributed by atoms with Crippen LogP contribution in [0.15, 0.2) is 6.33 Å². The Balaban J connectivity index is 2.08. The molecule has 8 nitrogen and oxygen atoms in total. The van der Waals surface area contributed by atoms with Gasteiger partial charge in [-0.15, -0.1) is 0 Å². The lowest BCUT2D eigenvalue weighted by atomic mass is 10.3.